The number of rotatable bonds is 57. The smallest absolute Gasteiger partial charge is 0.305 e. The van der Waals surface area contributed by atoms with Crippen molar-refractivity contribution in [2.45, 2.75) is 347 Å². The van der Waals surface area contributed by atoms with E-state index in [4.69, 9.17) is 4.74 Å². The van der Waals surface area contributed by atoms with E-state index in [2.05, 4.69) is 31.3 Å². The Kier molecular flexibility index (Phi) is 56.5. The number of amides is 1. The molecule has 2 unspecified atom stereocenters. The SMILES string of the molecule is CCCCCCCC/C=C\CCCCCCCC(=O)OCCCCCCCCCCCCCCCCCCCCCC(=O)NC(CO)C(O)/C=C/CCCCCCCCCCCCCCCCC. The van der Waals surface area contributed by atoms with E-state index < -0.39 is 12.1 Å². The average molecular weight is 959 g/mol. The Morgan fingerprint density at radius 2 is 0.691 bits per heavy atom. The Morgan fingerprint density at radius 1 is 0.397 bits per heavy atom. The zero-order valence-electron chi connectivity index (χ0n) is 45.9. The summed E-state index contributed by atoms with van der Waals surface area (Å²) in [5, 5.41) is 23.2. The van der Waals surface area contributed by atoms with Crippen LogP contribution in [0.3, 0.4) is 0 Å². The van der Waals surface area contributed by atoms with Gasteiger partial charge < -0.3 is 20.3 Å². The van der Waals surface area contributed by atoms with E-state index in [1.165, 1.54) is 263 Å². The maximum absolute atomic E-state index is 12.5. The van der Waals surface area contributed by atoms with Gasteiger partial charge in [-0.25, -0.2) is 0 Å². The molecule has 3 N–H and O–H groups in total. The van der Waals surface area contributed by atoms with Crippen LogP contribution in [0.2, 0.25) is 0 Å². The fourth-order valence-electron chi connectivity index (χ4n) is 9.51. The zero-order chi connectivity index (χ0) is 49.3. The van der Waals surface area contributed by atoms with Crippen LogP contribution in [0.25, 0.3) is 0 Å². The third kappa shape index (κ3) is 53.7. The first kappa shape index (κ1) is 66.3. The molecule has 6 heteroatoms. The third-order valence-electron chi connectivity index (χ3n) is 14.2. The molecule has 0 saturated heterocycles. The highest BCUT2D eigenvalue weighted by molar-refractivity contribution is 5.76. The van der Waals surface area contributed by atoms with Crippen molar-refractivity contribution in [2.24, 2.45) is 0 Å². The molecule has 0 spiro atoms. The van der Waals surface area contributed by atoms with Crippen LogP contribution in [0.4, 0.5) is 0 Å². The summed E-state index contributed by atoms with van der Waals surface area (Å²) >= 11 is 0. The second-order valence-corrected chi connectivity index (χ2v) is 21.0. The number of hydrogen-bond acceptors (Lipinski definition) is 5. The summed E-state index contributed by atoms with van der Waals surface area (Å²) in [5.41, 5.74) is 0. The van der Waals surface area contributed by atoms with E-state index in [-0.39, 0.29) is 18.5 Å². The zero-order valence-corrected chi connectivity index (χ0v) is 45.9. The Morgan fingerprint density at radius 3 is 1.04 bits per heavy atom. The summed E-state index contributed by atoms with van der Waals surface area (Å²) in [7, 11) is 0. The quantitative estimate of drug-likeness (QED) is 0.0321. The van der Waals surface area contributed by atoms with Crippen molar-refractivity contribution in [3.05, 3.63) is 24.3 Å². The number of ether oxygens (including phenoxy) is 1. The molecule has 68 heavy (non-hydrogen) atoms. The van der Waals surface area contributed by atoms with Crippen LogP contribution in [0, 0.1) is 0 Å². The lowest BCUT2D eigenvalue weighted by molar-refractivity contribution is -0.143. The summed E-state index contributed by atoms with van der Waals surface area (Å²) in [6.07, 6.45) is 70.6. The number of carbonyl (C=O) groups is 2. The van der Waals surface area contributed by atoms with Gasteiger partial charge in [-0.1, -0.05) is 289 Å². The second-order valence-electron chi connectivity index (χ2n) is 21.0. The minimum absolute atomic E-state index is 0.000763. The summed E-state index contributed by atoms with van der Waals surface area (Å²) in [6, 6.07) is -0.630. The Bertz CT molecular complexity index is 1060. The van der Waals surface area contributed by atoms with Crippen LogP contribution in [0.15, 0.2) is 24.3 Å². The van der Waals surface area contributed by atoms with Crippen LogP contribution in [0.1, 0.15) is 335 Å². The van der Waals surface area contributed by atoms with Gasteiger partial charge in [0.25, 0.3) is 0 Å². The van der Waals surface area contributed by atoms with Crippen molar-refractivity contribution >= 4 is 11.9 Å². The van der Waals surface area contributed by atoms with Crippen molar-refractivity contribution in [3.8, 4) is 0 Å². The molecular weight excluding hydrogens is 839 g/mol. The van der Waals surface area contributed by atoms with Gasteiger partial charge in [-0.2, -0.15) is 0 Å². The highest BCUT2D eigenvalue weighted by Crippen LogP contribution is 2.17. The molecule has 0 aliphatic heterocycles. The van der Waals surface area contributed by atoms with E-state index in [1.54, 1.807) is 6.08 Å². The molecule has 0 aromatic rings. The highest BCUT2D eigenvalue weighted by atomic mass is 16.5. The van der Waals surface area contributed by atoms with Crippen LogP contribution in [-0.2, 0) is 14.3 Å². The number of hydrogen-bond donors (Lipinski definition) is 3. The average Bonchev–Trinajstić information content (AvgIpc) is 3.34. The lowest BCUT2D eigenvalue weighted by Gasteiger charge is -2.20. The van der Waals surface area contributed by atoms with Gasteiger partial charge in [0.1, 0.15) is 0 Å². The summed E-state index contributed by atoms with van der Waals surface area (Å²) in [5.74, 6) is -0.0680. The van der Waals surface area contributed by atoms with Crippen LogP contribution < -0.4 is 5.32 Å². The van der Waals surface area contributed by atoms with Gasteiger partial charge in [-0.15, -0.1) is 0 Å². The molecule has 2 atom stereocenters. The van der Waals surface area contributed by atoms with E-state index >= 15 is 0 Å². The standard InChI is InChI=1S/C62H119NO5/c1-3-5-7-9-11-13-15-17-19-23-27-30-34-38-42-46-50-54-60(65)59(58-64)63-61(66)55-51-47-43-39-35-31-28-24-21-20-22-25-29-33-37-41-45-49-53-57-68-62(67)56-52-48-44-40-36-32-26-18-16-14-12-10-8-6-4-2/h18,26,50,54,59-60,64-65H,3-17,19-25,27-49,51-53,55-58H2,1-2H3,(H,63,66)/b26-18-,54-50+. The molecule has 1 amide bonds. The van der Waals surface area contributed by atoms with Gasteiger partial charge in [0.05, 0.1) is 25.4 Å². The van der Waals surface area contributed by atoms with Gasteiger partial charge in [-0.05, 0) is 57.8 Å². The molecule has 0 aromatic carbocycles. The molecular formula is C62H119NO5. The number of unbranched alkanes of at least 4 members (excludes halogenated alkanes) is 44. The normalized spacial score (nSPS) is 12.7. The molecule has 0 radical (unpaired) electrons. The van der Waals surface area contributed by atoms with Gasteiger partial charge in [-0.3, -0.25) is 9.59 Å². The number of aliphatic hydroxyl groups excluding tert-OH is 2. The van der Waals surface area contributed by atoms with Gasteiger partial charge >= 0.3 is 5.97 Å². The molecule has 0 aliphatic carbocycles. The maximum Gasteiger partial charge on any atom is 0.305 e. The maximum atomic E-state index is 12.5. The minimum atomic E-state index is -0.846. The van der Waals surface area contributed by atoms with Crippen molar-refractivity contribution in [1.29, 1.82) is 0 Å². The van der Waals surface area contributed by atoms with E-state index in [0.717, 1.165) is 44.9 Å². The molecule has 0 aromatic heterocycles. The fourth-order valence-corrected chi connectivity index (χ4v) is 9.51. The van der Waals surface area contributed by atoms with Gasteiger partial charge in [0.2, 0.25) is 5.91 Å². The number of carbonyl (C=O) groups excluding carboxylic acids is 2. The Balaban J connectivity index is 3.43. The van der Waals surface area contributed by atoms with Crippen LogP contribution in [0.5, 0.6) is 0 Å². The van der Waals surface area contributed by atoms with Crippen LogP contribution >= 0.6 is 0 Å². The molecule has 0 rings (SSSR count). The van der Waals surface area contributed by atoms with E-state index in [1.807, 2.05) is 6.08 Å². The molecule has 0 fully saturated rings. The first-order chi connectivity index (χ1) is 33.5. The first-order valence-electron chi connectivity index (χ1n) is 30.6. The third-order valence-corrected chi connectivity index (χ3v) is 14.2. The first-order valence-corrected chi connectivity index (χ1v) is 30.6. The number of aliphatic hydroxyl groups is 2. The molecule has 402 valence electrons. The number of nitrogens with one attached hydrogen (secondary N) is 1. The van der Waals surface area contributed by atoms with E-state index in [0.29, 0.717) is 19.4 Å². The largest absolute Gasteiger partial charge is 0.466 e. The summed E-state index contributed by atoms with van der Waals surface area (Å²) in [4.78, 5) is 24.5. The second kappa shape index (κ2) is 57.9. The molecule has 0 saturated carbocycles. The van der Waals surface area contributed by atoms with Gasteiger partial charge in [0, 0.05) is 12.8 Å². The molecule has 0 aliphatic rings. The highest BCUT2D eigenvalue weighted by Gasteiger charge is 2.18. The van der Waals surface area contributed by atoms with Gasteiger partial charge in [0.15, 0.2) is 0 Å². The van der Waals surface area contributed by atoms with Crippen molar-refractivity contribution in [2.75, 3.05) is 13.2 Å². The van der Waals surface area contributed by atoms with Crippen molar-refractivity contribution in [3.63, 3.8) is 0 Å². The fraction of sp³-hybridized carbons (Fsp3) is 0.903. The molecule has 0 heterocycles. The van der Waals surface area contributed by atoms with Crippen molar-refractivity contribution < 1.29 is 24.5 Å². The Hall–Kier alpha value is -1.66. The molecule has 6 nitrogen and oxygen atoms in total. The Labute approximate surface area is 424 Å². The lowest BCUT2D eigenvalue weighted by atomic mass is 10.0. The monoisotopic (exact) mass is 958 g/mol. The number of allylic oxidation sites excluding steroid dienone is 3. The summed E-state index contributed by atoms with van der Waals surface area (Å²) < 4.78 is 5.48. The summed E-state index contributed by atoms with van der Waals surface area (Å²) in [6.45, 7) is 4.91. The lowest BCUT2D eigenvalue weighted by Crippen LogP contribution is -2.45. The molecule has 0 bridgehead atoms. The van der Waals surface area contributed by atoms with Crippen LogP contribution in [-0.4, -0.2) is 47.4 Å². The topological polar surface area (TPSA) is 95.9 Å². The minimum Gasteiger partial charge on any atom is -0.466 e. The predicted molar refractivity (Wildman–Crippen MR) is 296 cm³/mol. The predicted octanol–water partition coefficient (Wildman–Crippen LogP) is 19.0. The van der Waals surface area contributed by atoms with Crippen molar-refractivity contribution in [1.82, 2.24) is 5.32 Å². The number of esters is 1. The van der Waals surface area contributed by atoms with E-state index in [9.17, 15) is 19.8 Å².